The fourth-order valence-electron chi connectivity index (χ4n) is 2.48. The van der Waals surface area contributed by atoms with Crippen molar-refractivity contribution in [2.75, 3.05) is 12.4 Å². The number of methoxy groups -OCH3 is 1. The first-order valence-electron chi connectivity index (χ1n) is 7.50. The maximum Gasteiger partial charge on any atom is 0.387 e. The number of hydrogen-bond donors (Lipinski definition) is 1. The van der Waals surface area contributed by atoms with Gasteiger partial charge < -0.3 is 14.8 Å². The minimum atomic E-state index is -2.89. The summed E-state index contributed by atoms with van der Waals surface area (Å²) in [5.41, 5.74) is 0.843. The van der Waals surface area contributed by atoms with Crippen molar-refractivity contribution in [2.24, 2.45) is 0 Å². The molecule has 0 atom stereocenters. The van der Waals surface area contributed by atoms with Crippen molar-refractivity contribution in [3.63, 3.8) is 0 Å². The van der Waals surface area contributed by atoms with Crippen LogP contribution in [-0.2, 0) is 0 Å². The molecular formula is C19H15F2NO3. The number of fused-ring (bicyclic) bond motifs is 1. The lowest BCUT2D eigenvalue weighted by Crippen LogP contribution is -2.13. The van der Waals surface area contributed by atoms with Gasteiger partial charge in [0.05, 0.1) is 12.7 Å². The maximum atomic E-state index is 12.6. The largest absolute Gasteiger partial charge is 0.496 e. The average Bonchev–Trinajstić information content (AvgIpc) is 2.61. The number of benzene rings is 3. The van der Waals surface area contributed by atoms with E-state index >= 15 is 0 Å². The quantitative estimate of drug-likeness (QED) is 0.730. The summed E-state index contributed by atoms with van der Waals surface area (Å²) in [6, 6.07) is 16.9. The molecule has 25 heavy (non-hydrogen) atoms. The van der Waals surface area contributed by atoms with Crippen molar-refractivity contribution < 1.29 is 23.0 Å². The van der Waals surface area contributed by atoms with Gasteiger partial charge in [-0.3, -0.25) is 4.79 Å². The van der Waals surface area contributed by atoms with Gasteiger partial charge in [0, 0.05) is 5.69 Å². The fraction of sp³-hybridized carbons (Fsp3) is 0.105. The summed E-state index contributed by atoms with van der Waals surface area (Å²) in [5, 5.41) is 4.59. The lowest BCUT2D eigenvalue weighted by molar-refractivity contribution is -0.0498. The van der Waals surface area contributed by atoms with E-state index < -0.39 is 6.61 Å². The van der Waals surface area contributed by atoms with Gasteiger partial charge in [0.2, 0.25) is 0 Å². The summed E-state index contributed by atoms with van der Waals surface area (Å²) < 4.78 is 33.9. The van der Waals surface area contributed by atoms with Crippen molar-refractivity contribution >= 4 is 22.4 Å². The monoisotopic (exact) mass is 343 g/mol. The first kappa shape index (κ1) is 16.7. The third kappa shape index (κ3) is 3.85. The highest BCUT2D eigenvalue weighted by Gasteiger charge is 2.14. The fourth-order valence-corrected chi connectivity index (χ4v) is 2.48. The molecule has 0 heterocycles. The number of ether oxygens (including phenoxy) is 2. The molecule has 0 unspecified atom stereocenters. The topological polar surface area (TPSA) is 47.6 Å². The molecule has 1 N–H and O–H groups in total. The van der Waals surface area contributed by atoms with Crippen molar-refractivity contribution in [1.82, 2.24) is 0 Å². The zero-order valence-corrected chi connectivity index (χ0v) is 13.3. The van der Waals surface area contributed by atoms with Crippen LogP contribution in [0.1, 0.15) is 10.4 Å². The van der Waals surface area contributed by atoms with E-state index in [1.807, 2.05) is 24.3 Å². The highest BCUT2D eigenvalue weighted by Crippen LogP contribution is 2.27. The van der Waals surface area contributed by atoms with Gasteiger partial charge in [-0.25, -0.2) is 0 Å². The van der Waals surface area contributed by atoms with Crippen molar-refractivity contribution in [3.8, 4) is 11.5 Å². The smallest absolute Gasteiger partial charge is 0.387 e. The van der Waals surface area contributed by atoms with Gasteiger partial charge in [-0.1, -0.05) is 24.3 Å². The number of anilines is 1. The third-order valence-corrected chi connectivity index (χ3v) is 3.65. The van der Waals surface area contributed by atoms with Gasteiger partial charge >= 0.3 is 6.61 Å². The predicted molar refractivity (Wildman–Crippen MR) is 91.5 cm³/mol. The molecule has 3 aromatic carbocycles. The molecule has 0 aliphatic heterocycles. The number of alkyl halides is 2. The van der Waals surface area contributed by atoms with Crippen LogP contribution in [0.25, 0.3) is 10.8 Å². The number of nitrogens with one attached hydrogen (secondary N) is 1. The zero-order chi connectivity index (χ0) is 17.8. The standard InChI is InChI=1S/C19H15F2NO3/c1-24-17-11-13-5-3-2-4-12(13)10-16(17)18(23)22-14-6-8-15(9-7-14)25-19(20)21/h2-11,19H,1H3,(H,22,23). The number of rotatable bonds is 5. The summed E-state index contributed by atoms with van der Waals surface area (Å²) in [6.45, 7) is -2.89. The molecule has 0 bridgehead atoms. The second kappa shape index (κ2) is 7.17. The molecule has 0 aliphatic carbocycles. The summed E-state index contributed by atoms with van der Waals surface area (Å²) in [4.78, 5) is 12.6. The Kier molecular flexibility index (Phi) is 4.79. The van der Waals surface area contributed by atoms with Crippen LogP contribution in [0.5, 0.6) is 11.5 Å². The number of hydrogen-bond acceptors (Lipinski definition) is 3. The SMILES string of the molecule is COc1cc2ccccc2cc1C(=O)Nc1ccc(OC(F)F)cc1. The molecule has 0 aliphatic rings. The lowest BCUT2D eigenvalue weighted by Gasteiger charge is -2.11. The lowest BCUT2D eigenvalue weighted by atomic mass is 10.1. The van der Waals surface area contributed by atoms with Crippen LogP contribution in [0.15, 0.2) is 60.7 Å². The minimum absolute atomic E-state index is 0.0243. The number of carbonyl (C=O) groups excluding carboxylic acids is 1. The minimum Gasteiger partial charge on any atom is -0.496 e. The normalized spacial score (nSPS) is 10.7. The molecular weight excluding hydrogens is 328 g/mol. The van der Waals surface area contributed by atoms with Gasteiger partial charge in [-0.15, -0.1) is 0 Å². The second-order valence-corrected chi connectivity index (χ2v) is 5.26. The predicted octanol–water partition coefficient (Wildman–Crippen LogP) is 4.70. The number of carbonyl (C=O) groups is 1. The molecule has 0 fully saturated rings. The van der Waals surface area contributed by atoms with Crippen molar-refractivity contribution in [1.29, 1.82) is 0 Å². The third-order valence-electron chi connectivity index (χ3n) is 3.65. The molecule has 6 heteroatoms. The Bertz CT molecular complexity index is 895. The molecule has 0 saturated heterocycles. The Hall–Kier alpha value is -3.15. The molecule has 1 amide bonds. The van der Waals surface area contributed by atoms with Gasteiger partial charge in [0.1, 0.15) is 11.5 Å². The van der Waals surface area contributed by atoms with Crippen LogP contribution in [0.2, 0.25) is 0 Å². The Labute approximate surface area is 143 Å². The molecule has 0 spiro atoms. The summed E-state index contributed by atoms with van der Waals surface area (Å²) >= 11 is 0. The maximum absolute atomic E-state index is 12.6. The Balaban J connectivity index is 1.84. The van der Waals surface area contributed by atoms with Crippen molar-refractivity contribution in [3.05, 3.63) is 66.2 Å². The van der Waals surface area contributed by atoms with E-state index in [1.54, 1.807) is 12.1 Å². The highest BCUT2D eigenvalue weighted by atomic mass is 19.3. The van der Waals surface area contributed by atoms with E-state index in [9.17, 15) is 13.6 Å². The van der Waals surface area contributed by atoms with Gasteiger partial charge in [-0.05, 0) is 47.2 Å². The van der Waals surface area contributed by atoms with Crippen LogP contribution in [0.3, 0.4) is 0 Å². The van der Waals surface area contributed by atoms with E-state index in [4.69, 9.17) is 4.74 Å². The first-order valence-corrected chi connectivity index (χ1v) is 7.50. The van der Waals surface area contributed by atoms with Crippen LogP contribution < -0.4 is 14.8 Å². The first-order chi connectivity index (χ1) is 12.1. The van der Waals surface area contributed by atoms with Gasteiger partial charge in [0.15, 0.2) is 0 Å². The van der Waals surface area contributed by atoms with Crippen molar-refractivity contribution in [2.45, 2.75) is 6.61 Å². The number of halogens is 2. The van der Waals surface area contributed by atoms with Crippen LogP contribution in [0.4, 0.5) is 14.5 Å². The van der Waals surface area contributed by atoms with E-state index in [-0.39, 0.29) is 11.7 Å². The molecule has 4 nitrogen and oxygen atoms in total. The Morgan fingerprint density at radius 1 is 1.00 bits per heavy atom. The molecule has 3 aromatic rings. The second-order valence-electron chi connectivity index (χ2n) is 5.26. The Morgan fingerprint density at radius 3 is 2.24 bits per heavy atom. The average molecular weight is 343 g/mol. The molecule has 128 valence electrons. The van der Waals surface area contributed by atoms with Crippen LogP contribution >= 0.6 is 0 Å². The molecule has 0 radical (unpaired) electrons. The van der Waals surface area contributed by atoms with Gasteiger partial charge in [0.25, 0.3) is 5.91 Å². The zero-order valence-electron chi connectivity index (χ0n) is 13.3. The Morgan fingerprint density at radius 2 is 1.64 bits per heavy atom. The number of amides is 1. The summed E-state index contributed by atoms with van der Waals surface area (Å²) in [7, 11) is 1.50. The van der Waals surface area contributed by atoms with E-state index in [0.717, 1.165) is 10.8 Å². The van der Waals surface area contributed by atoms with E-state index in [1.165, 1.54) is 31.4 Å². The van der Waals surface area contributed by atoms with E-state index in [2.05, 4.69) is 10.1 Å². The summed E-state index contributed by atoms with van der Waals surface area (Å²) in [6.07, 6.45) is 0. The molecule has 3 rings (SSSR count). The van der Waals surface area contributed by atoms with Gasteiger partial charge in [-0.2, -0.15) is 8.78 Å². The molecule has 0 saturated carbocycles. The van der Waals surface area contributed by atoms with Crippen LogP contribution in [-0.4, -0.2) is 19.6 Å². The highest BCUT2D eigenvalue weighted by molar-refractivity contribution is 6.08. The summed E-state index contributed by atoms with van der Waals surface area (Å²) in [5.74, 6) is 0.121. The van der Waals surface area contributed by atoms with Crippen LogP contribution in [0, 0.1) is 0 Å². The van der Waals surface area contributed by atoms with E-state index in [0.29, 0.717) is 17.0 Å². The molecule has 0 aromatic heterocycles.